The molecule has 0 unspecified atom stereocenters. The number of hydrogen-bond acceptors (Lipinski definition) is 1. The van der Waals surface area contributed by atoms with E-state index >= 15 is 0 Å². The highest BCUT2D eigenvalue weighted by atomic mass is 127. The van der Waals surface area contributed by atoms with Gasteiger partial charge >= 0.3 is 0 Å². The standard InChI is InChI=1S/C13H18N3.HI/c1-13(2,3)11-15-10-9-14-16(15)12-7-5-4-6-8-12;/h4-10H,11H2,1-3H3;1H/q+1;/p-1. The Balaban J connectivity index is 0.00000144. The monoisotopic (exact) mass is 343 g/mol. The van der Waals surface area contributed by atoms with Gasteiger partial charge in [0.2, 0.25) is 6.20 Å². The lowest BCUT2D eigenvalue weighted by molar-refractivity contribution is -0.780. The molecule has 0 aliphatic rings. The summed E-state index contributed by atoms with van der Waals surface area (Å²) in [4.78, 5) is 1.94. The second-order valence-corrected chi connectivity index (χ2v) is 5.20. The van der Waals surface area contributed by atoms with Crippen LogP contribution in [0.25, 0.3) is 5.69 Å². The molecule has 0 N–H and O–H groups in total. The van der Waals surface area contributed by atoms with Gasteiger partial charge in [-0.2, -0.15) is 4.68 Å². The maximum atomic E-state index is 4.35. The van der Waals surface area contributed by atoms with Gasteiger partial charge in [-0.05, 0) is 16.9 Å². The van der Waals surface area contributed by atoms with E-state index in [1.165, 1.54) is 0 Å². The third-order valence-corrected chi connectivity index (χ3v) is 2.28. The molecule has 0 aliphatic carbocycles. The third kappa shape index (κ3) is 3.80. The maximum Gasteiger partial charge on any atom is 0.206 e. The van der Waals surface area contributed by atoms with E-state index < -0.39 is 0 Å². The summed E-state index contributed by atoms with van der Waals surface area (Å²) in [7, 11) is 0. The lowest BCUT2D eigenvalue weighted by Crippen LogP contribution is -3.00. The molecule has 1 aromatic heterocycles. The van der Waals surface area contributed by atoms with E-state index in [0.717, 1.165) is 12.2 Å². The van der Waals surface area contributed by atoms with E-state index in [2.05, 4.69) is 42.7 Å². The van der Waals surface area contributed by atoms with Gasteiger partial charge in [-0.3, -0.25) is 0 Å². The van der Waals surface area contributed by atoms with E-state index in [4.69, 9.17) is 0 Å². The first-order valence-electron chi connectivity index (χ1n) is 5.55. The highest BCUT2D eigenvalue weighted by Gasteiger charge is 2.19. The van der Waals surface area contributed by atoms with E-state index in [-0.39, 0.29) is 29.4 Å². The molecule has 0 aliphatic heterocycles. The number of rotatable bonds is 2. The first-order chi connectivity index (χ1) is 7.56. The van der Waals surface area contributed by atoms with Gasteiger partial charge in [-0.15, -0.1) is 0 Å². The minimum Gasteiger partial charge on any atom is -1.00 e. The first-order valence-corrected chi connectivity index (χ1v) is 5.55. The van der Waals surface area contributed by atoms with Crippen LogP contribution in [0.1, 0.15) is 20.8 Å². The largest absolute Gasteiger partial charge is 1.00 e. The Morgan fingerprint density at radius 1 is 1.18 bits per heavy atom. The van der Waals surface area contributed by atoms with E-state index in [1.807, 2.05) is 35.4 Å². The van der Waals surface area contributed by atoms with Gasteiger partial charge in [0.25, 0.3) is 0 Å². The fourth-order valence-electron chi connectivity index (χ4n) is 1.68. The van der Waals surface area contributed by atoms with Crippen molar-refractivity contribution in [2.45, 2.75) is 27.3 Å². The van der Waals surface area contributed by atoms with Crippen molar-refractivity contribution in [1.82, 2.24) is 9.90 Å². The van der Waals surface area contributed by atoms with Crippen LogP contribution in [-0.4, -0.2) is 9.90 Å². The summed E-state index contributed by atoms with van der Waals surface area (Å²) in [6.45, 7) is 7.62. The van der Waals surface area contributed by atoms with Gasteiger partial charge < -0.3 is 24.0 Å². The van der Waals surface area contributed by atoms with Gasteiger partial charge in [-0.1, -0.05) is 39.0 Å². The van der Waals surface area contributed by atoms with Crippen LogP contribution < -0.4 is 28.7 Å². The molecule has 0 bridgehead atoms. The van der Waals surface area contributed by atoms with Crippen molar-refractivity contribution in [1.29, 1.82) is 0 Å². The van der Waals surface area contributed by atoms with Crippen LogP contribution in [0, 0.1) is 5.41 Å². The number of aromatic nitrogens is 3. The van der Waals surface area contributed by atoms with Crippen LogP contribution in [0.3, 0.4) is 0 Å². The zero-order chi connectivity index (χ0) is 11.6. The van der Waals surface area contributed by atoms with Crippen LogP contribution >= 0.6 is 0 Å². The average molecular weight is 343 g/mol. The number of nitrogens with zero attached hydrogens (tertiary/aromatic N) is 3. The SMILES string of the molecule is CC(C)(C)C[n+]1ccnn1-c1ccccc1.[I-]. The molecular weight excluding hydrogens is 325 g/mol. The Kier molecular flexibility index (Phi) is 4.68. The molecule has 1 aromatic carbocycles. The number of hydrogen-bond donors (Lipinski definition) is 0. The normalized spacial score (nSPS) is 11.0. The molecule has 92 valence electrons. The Hall–Kier alpha value is -0.910. The first kappa shape index (κ1) is 14.2. The Morgan fingerprint density at radius 3 is 2.41 bits per heavy atom. The lowest BCUT2D eigenvalue weighted by Gasteiger charge is -2.15. The van der Waals surface area contributed by atoms with Crippen LogP contribution in [0.4, 0.5) is 0 Å². The van der Waals surface area contributed by atoms with Crippen molar-refractivity contribution >= 4 is 0 Å². The predicted molar refractivity (Wildman–Crippen MR) is 63.2 cm³/mol. The summed E-state index contributed by atoms with van der Waals surface area (Å²) in [6.07, 6.45) is 3.84. The fourth-order valence-corrected chi connectivity index (χ4v) is 1.68. The minimum absolute atomic E-state index is 0. The van der Waals surface area contributed by atoms with Crippen LogP contribution in [-0.2, 0) is 6.54 Å². The summed E-state index contributed by atoms with van der Waals surface area (Å²) in [5, 5.41) is 4.35. The molecule has 0 atom stereocenters. The van der Waals surface area contributed by atoms with Gasteiger partial charge in [0.15, 0.2) is 6.20 Å². The molecule has 3 nitrogen and oxygen atoms in total. The van der Waals surface area contributed by atoms with E-state index in [9.17, 15) is 0 Å². The van der Waals surface area contributed by atoms with Crippen molar-refractivity contribution in [3.63, 3.8) is 0 Å². The number of benzene rings is 1. The van der Waals surface area contributed by atoms with E-state index in [0.29, 0.717) is 0 Å². The third-order valence-electron chi connectivity index (χ3n) is 2.28. The highest BCUT2D eigenvalue weighted by molar-refractivity contribution is 5.27. The summed E-state index contributed by atoms with van der Waals surface area (Å²) in [5.41, 5.74) is 1.34. The highest BCUT2D eigenvalue weighted by Crippen LogP contribution is 2.12. The molecule has 0 spiro atoms. The van der Waals surface area contributed by atoms with E-state index in [1.54, 1.807) is 0 Å². The van der Waals surface area contributed by atoms with Gasteiger partial charge in [0.1, 0.15) is 12.2 Å². The minimum atomic E-state index is 0. The van der Waals surface area contributed by atoms with Crippen molar-refractivity contribution < 1.29 is 28.7 Å². The van der Waals surface area contributed by atoms with Crippen LogP contribution in [0.5, 0.6) is 0 Å². The second kappa shape index (κ2) is 5.62. The zero-order valence-electron chi connectivity index (χ0n) is 10.5. The summed E-state index contributed by atoms with van der Waals surface area (Å²) >= 11 is 0. The molecule has 2 rings (SSSR count). The Labute approximate surface area is 119 Å². The number of halogens is 1. The summed E-state index contributed by atoms with van der Waals surface area (Å²) < 4.78 is 2.13. The smallest absolute Gasteiger partial charge is 0.206 e. The average Bonchev–Trinajstić information content (AvgIpc) is 2.64. The molecule has 1 heterocycles. The van der Waals surface area contributed by atoms with Crippen LogP contribution in [0.15, 0.2) is 42.7 Å². The van der Waals surface area contributed by atoms with Crippen LogP contribution in [0.2, 0.25) is 0 Å². The van der Waals surface area contributed by atoms with Crippen molar-refractivity contribution in [3.05, 3.63) is 42.7 Å². The van der Waals surface area contributed by atoms with Crippen molar-refractivity contribution in [2.24, 2.45) is 5.41 Å². The molecule has 0 saturated heterocycles. The Morgan fingerprint density at radius 2 is 1.82 bits per heavy atom. The molecule has 0 fully saturated rings. The van der Waals surface area contributed by atoms with Crippen molar-refractivity contribution in [2.75, 3.05) is 0 Å². The van der Waals surface area contributed by atoms with Gasteiger partial charge in [-0.25, -0.2) is 0 Å². The fraction of sp³-hybridized carbons (Fsp3) is 0.385. The predicted octanol–water partition coefficient (Wildman–Crippen LogP) is -0.790. The Bertz CT molecular complexity index is 457. The molecular formula is C13H18IN3. The summed E-state index contributed by atoms with van der Waals surface area (Å²) in [5.74, 6) is 0. The topological polar surface area (TPSA) is 21.7 Å². The molecule has 0 saturated carbocycles. The molecule has 0 radical (unpaired) electrons. The number of para-hydroxylation sites is 1. The zero-order valence-corrected chi connectivity index (χ0v) is 12.6. The van der Waals surface area contributed by atoms with Crippen molar-refractivity contribution in [3.8, 4) is 5.69 Å². The molecule has 4 heteroatoms. The quantitative estimate of drug-likeness (QED) is 0.518. The lowest BCUT2D eigenvalue weighted by atomic mass is 9.97. The van der Waals surface area contributed by atoms with Gasteiger partial charge in [0, 0.05) is 10.5 Å². The maximum absolute atomic E-state index is 4.35. The van der Waals surface area contributed by atoms with Gasteiger partial charge in [0.05, 0.1) is 0 Å². The molecule has 2 aromatic rings. The molecule has 0 amide bonds. The summed E-state index contributed by atoms with van der Waals surface area (Å²) in [6, 6.07) is 10.2. The molecule has 17 heavy (non-hydrogen) atoms. The second-order valence-electron chi connectivity index (χ2n) is 5.20.